The zero-order chi connectivity index (χ0) is 20.1. The molecule has 0 bridgehead atoms. The highest BCUT2D eigenvalue weighted by Crippen LogP contribution is 2.32. The number of carbonyl (C=O) groups excluding carboxylic acids is 2. The van der Waals surface area contributed by atoms with Crippen LogP contribution in [0.2, 0.25) is 5.02 Å². The molecule has 1 atom stereocenters. The molecule has 1 aliphatic heterocycles. The third kappa shape index (κ3) is 4.85. The van der Waals surface area contributed by atoms with Crippen molar-refractivity contribution in [2.45, 2.75) is 18.6 Å². The van der Waals surface area contributed by atoms with Crippen molar-refractivity contribution in [3.63, 3.8) is 0 Å². The van der Waals surface area contributed by atoms with Crippen molar-refractivity contribution < 1.29 is 14.3 Å². The second kappa shape index (κ2) is 9.12. The minimum Gasteiger partial charge on any atom is -0.497 e. The monoisotopic (exact) mass is 417 g/mol. The van der Waals surface area contributed by atoms with Gasteiger partial charge in [0.05, 0.1) is 12.8 Å². The zero-order valence-electron chi connectivity index (χ0n) is 15.5. The summed E-state index contributed by atoms with van der Waals surface area (Å²) in [5.74, 6) is 0.370. The summed E-state index contributed by atoms with van der Waals surface area (Å²) in [5, 5.41) is 3.46. The molecule has 0 aliphatic carbocycles. The number of nitrogens with zero attached hydrogens (tertiary/aromatic N) is 2. The second-order valence-corrected chi connectivity index (χ2v) is 7.65. The zero-order valence-corrected chi connectivity index (χ0v) is 17.1. The number of anilines is 1. The maximum absolute atomic E-state index is 12.7. The molecule has 2 amide bonds. The highest BCUT2D eigenvalue weighted by Gasteiger charge is 2.38. The number of rotatable bonds is 6. The molecule has 1 N–H and O–H groups in total. The average molecular weight is 418 g/mol. The van der Waals surface area contributed by atoms with Crippen molar-refractivity contribution in [3.8, 4) is 5.75 Å². The summed E-state index contributed by atoms with van der Waals surface area (Å²) in [6, 6.07) is 14.2. The molecule has 0 saturated carbocycles. The molecule has 2 aromatic carbocycles. The van der Waals surface area contributed by atoms with Gasteiger partial charge in [-0.1, -0.05) is 29.4 Å². The molecule has 1 saturated heterocycles. The minimum atomic E-state index is -0.504. The summed E-state index contributed by atoms with van der Waals surface area (Å²) < 4.78 is 5.10. The van der Waals surface area contributed by atoms with Crippen LogP contribution in [0.1, 0.15) is 13.3 Å². The van der Waals surface area contributed by atoms with Gasteiger partial charge in [0.25, 0.3) is 0 Å². The van der Waals surface area contributed by atoms with E-state index in [0.29, 0.717) is 33.9 Å². The fourth-order valence-corrected chi connectivity index (χ4v) is 4.13. The largest absolute Gasteiger partial charge is 0.497 e. The lowest BCUT2D eigenvalue weighted by Crippen LogP contribution is -2.33. The summed E-state index contributed by atoms with van der Waals surface area (Å²) in [7, 11) is 1.58. The molecule has 0 aromatic heterocycles. The minimum absolute atomic E-state index is 0.0700. The first-order valence-corrected chi connectivity index (χ1v) is 10.0. The molecule has 146 valence electrons. The molecule has 3 rings (SSSR count). The SMILES string of the molecule is CCN1C(=O)C(CC(=O)Nc2ccc(OC)cc2)SC1=Nc1cccc(Cl)c1. The van der Waals surface area contributed by atoms with Gasteiger partial charge in [-0.2, -0.15) is 0 Å². The highest BCUT2D eigenvalue weighted by molar-refractivity contribution is 8.15. The smallest absolute Gasteiger partial charge is 0.242 e. The van der Waals surface area contributed by atoms with Gasteiger partial charge >= 0.3 is 0 Å². The molecule has 1 fully saturated rings. The van der Waals surface area contributed by atoms with E-state index in [1.54, 1.807) is 54.5 Å². The summed E-state index contributed by atoms with van der Waals surface area (Å²) in [6.45, 7) is 2.37. The second-order valence-electron chi connectivity index (χ2n) is 6.04. The molecular weight excluding hydrogens is 398 g/mol. The number of nitrogens with one attached hydrogen (secondary N) is 1. The van der Waals surface area contributed by atoms with Crippen molar-refractivity contribution in [1.29, 1.82) is 0 Å². The van der Waals surface area contributed by atoms with Crippen LogP contribution < -0.4 is 10.1 Å². The van der Waals surface area contributed by atoms with E-state index in [9.17, 15) is 9.59 Å². The van der Waals surface area contributed by atoms with Crippen molar-refractivity contribution in [2.75, 3.05) is 19.0 Å². The Bertz CT molecular complexity index is 902. The summed E-state index contributed by atoms with van der Waals surface area (Å²) in [6.07, 6.45) is 0.0700. The first kappa shape index (κ1) is 20.2. The van der Waals surface area contributed by atoms with E-state index < -0.39 is 5.25 Å². The molecule has 1 unspecified atom stereocenters. The number of methoxy groups -OCH3 is 1. The molecule has 1 heterocycles. The number of carbonyl (C=O) groups is 2. The quantitative estimate of drug-likeness (QED) is 0.759. The number of hydrogen-bond donors (Lipinski definition) is 1. The summed E-state index contributed by atoms with van der Waals surface area (Å²) >= 11 is 7.30. The number of halogens is 1. The van der Waals surface area contributed by atoms with E-state index in [0.717, 1.165) is 0 Å². The lowest BCUT2D eigenvalue weighted by molar-refractivity contribution is -0.128. The highest BCUT2D eigenvalue weighted by atomic mass is 35.5. The van der Waals surface area contributed by atoms with Crippen molar-refractivity contribution >= 4 is 51.7 Å². The number of aliphatic imine (C=N–C) groups is 1. The lowest BCUT2D eigenvalue weighted by atomic mass is 10.2. The predicted octanol–water partition coefficient (Wildman–Crippen LogP) is 4.33. The topological polar surface area (TPSA) is 71.0 Å². The molecule has 28 heavy (non-hydrogen) atoms. The fraction of sp³-hybridized carbons (Fsp3) is 0.250. The molecule has 1 aliphatic rings. The van der Waals surface area contributed by atoms with E-state index in [2.05, 4.69) is 10.3 Å². The van der Waals surface area contributed by atoms with Gasteiger partial charge in [0.1, 0.15) is 11.0 Å². The van der Waals surface area contributed by atoms with Crippen LogP contribution >= 0.6 is 23.4 Å². The number of hydrogen-bond acceptors (Lipinski definition) is 5. The Balaban J connectivity index is 1.68. The van der Waals surface area contributed by atoms with Crippen LogP contribution in [0.3, 0.4) is 0 Å². The standard InChI is InChI=1S/C20H20ClN3O3S/c1-3-24-19(26)17(28-20(24)23-15-6-4-5-13(21)11-15)12-18(25)22-14-7-9-16(27-2)10-8-14/h4-11,17H,3,12H2,1-2H3,(H,22,25). The van der Waals surface area contributed by atoms with E-state index >= 15 is 0 Å². The fourth-order valence-electron chi connectivity index (χ4n) is 2.73. The maximum Gasteiger partial charge on any atom is 0.242 e. The van der Waals surface area contributed by atoms with Crippen LogP contribution in [0.25, 0.3) is 0 Å². The first-order valence-electron chi connectivity index (χ1n) is 8.76. The van der Waals surface area contributed by atoms with Gasteiger partial charge in [0.2, 0.25) is 11.8 Å². The van der Waals surface area contributed by atoms with Gasteiger partial charge in [-0.3, -0.25) is 14.5 Å². The van der Waals surface area contributed by atoms with Crippen LogP contribution in [0.15, 0.2) is 53.5 Å². The predicted molar refractivity (Wildman–Crippen MR) is 114 cm³/mol. The summed E-state index contributed by atoms with van der Waals surface area (Å²) in [5.41, 5.74) is 1.32. The molecule has 6 nitrogen and oxygen atoms in total. The molecular formula is C20H20ClN3O3S. The maximum atomic E-state index is 12.7. The first-order chi connectivity index (χ1) is 13.5. The Morgan fingerprint density at radius 3 is 2.68 bits per heavy atom. The van der Waals surface area contributed by atoms with E-state index in [4.69, 9.17) is 16.3 Å². The molecule has 8 heteroatoms. The Kier molecular flexibility index (Phi) is 6.59. The van der Waals surface area contributed by atoms with Gasteiger partial charge in [0, 0.05) is 23.7 Å². The van der Waals surface area contributed by atoms with Crippen molar-refractivity contribution in [1.82, 2.24) is 4.90 Å². The van der Waals surface area contributed by atoms with Crippen LogP contribution in [-0.4, -0.2) is 40.8 Å². The Hall–Kier alpha value is -2.51. The Morgan fingerprint density at radius 2 is 2.04 bits per heavy atom. The average Bonchev–Trinajstić information content (AvgIpc) is 2.96. The third-order valence-corrected chi connectivity index (χ3v) is 5.52. The number of thioether (sulfide) groups is 1. The van der Waals surface area contributed by atoms with Crippen LogP contribution in [0, 0.1) is 0 Å². The van der Waals surface area contributed by atoms with Gasteiger partial charge in [-0.15, -0.1) is 0 Å². The molecule has 0 spiro atoms. The number of benzene rings is 2. The lowest BCUT2D eigenvalue weighted by Gasteiger charge is -2.13. The van der Waals surface area contributed by atoms with E-state index in [1.165, 1.54) is 11.8 Å². The van der Waals surface area contributed by atoms with Crippen molar-refractivity contribution in [3.05, 3.63) is 53.6 Å². The number of amides is 2. The molecule has 2 aromatic rings. The van der Waals surface area contributed by atoms with E-state index in [1.807, 2.05) is 13.0 Å². The van der Waals surface area contributed by atoms with Gasteiger partial charge in [-0.05, 0) is 49.4 Å². The van der Waals surface area contributed by atoms with Crippen LogP contribution in [0.5, 0.6) is 5.75 Å². The number of ether oxygens (including phenoxy) is 1. The molecule has 0 radical (unpaired) electrons. The van der Waals surface area contributed by atoms with E-state index in [-0.39, 0.29) is 18.2 Å². The Morgan fingerprint density at radius 1 is 1.29 bits per heavy atom. The third-order valence-electron chi connectivity index (χ3n) is 4.11. The summed E-state index contributed by atoms with van der Waals surface area (Å²) in [4.78, 5) is 31.2. The normalized spacial score (nSPS) is 17.8. The number of amidine groups is 1. The van der Waals surface area contributed by atoms with Gasteiger partial charge < -0.3 is 10.1 Å². The van der Waals surface area contributed by atoms with Gasteiger partial charge in [0.15, 0.2) is 5.17 Å². The van der Waals surface area contributed by atoms with Crippen LogP contribution in [-0.2, 0) is 9.59 Å². The Labute approximate surface area is 172 Å². The van der Waals surface area contributed by atoms with Crippen molar-refractivity contribution in [2.24, 2.45) is 4.99 Å². The van der Waals surface area contributed by atoms with Gasteiger partial charge in [-0.25, -0.2) is 4.99 Å². The van der Waals surface area contributed by atoms with Crippen LogP contribution in [0.4, 0.5) is 11.4 Å².